The zero-order chi connectivity index (χ0) is 26.0. The molecule has 8 nitrogen and oxygen atoms in total. The van der Waals surface area contributed by atoms with E-state index in [-0.39, 0.29) is 6.41 Å². The molecular weight excluding hydrogens is 450 g/mol. The Morgan fingerprint density at radius 2 is 1.72 bits per heavy atom. The molecule has 4 rings (SSSR count). The van der Waals surface area contributed by atoms with Gasteiger partial charge in [0.15, 0.2) is 0 Å². The number of H-pyrrole nitrogens is 1. The Balaban J connectivity index is 0.000000430. The van der Waals surface area contributed by atoms with Crippen LogP contribution in [0.15, 0.2) is 36.7 Å². The SMILES string of the molecule is CN1CCCC1.N/C=c1/cc[nH]/c1=C/Cc1ccc2c(cnn2CCCCCCCCN)c1.NC=O. The summed E-state index contributed by atoms with van der Waals surface area (Å²) >= 11 is 0. The highest BCUT2D eigenvalue weighted by Crippen LogP contribution is 2.17. The van der Waals surface area contributed by atoms with Crippen molar-refractivity contribution in [2.75, 3.05) is 26.7 Å². The monoisotopic (exact) mass is 495 g/mol. The molecule has 198 valence electrons. The first-order chi connectivity index (χ1) is 17.6. The summed E-state index contributed by atoms with van der Waals surface area (Å²) in [6, 6.07) is 8.60. The number of benzene rings is 1. The third kappa shape index (κ3) is 10.3. The van der Waals surface area contributed by atoms with E-state index < -0.39 is 0 Å². The van der Waals surface area contributed by atoms with Crippen molar-refractivity contribution in [3.8, 4) is 0 Å². The number of hydrogen-bond donors (Lipinski definition) is 4. The number of unbranched alkanes of at least 4 members (excludes halogenated alkanes) is 5. The maximum absolute atomic E-state index is 8.58. The number of carbonyl (C=O) groups is 1. The molecule has 0 aliphatic carbocycles. The summed E-state index contributed by atoms with van der Waals surface area (Å²) in [6.07, 6.45) is 19.1. The van der Waals surface area contributed by atoms with Crippen LogP contribution in [0.4, 0.5) is 0 Å². The fraction of sp³-hybridized carbons (Fsp3) is 0.500. The zero-order valence-electron chi connectivity index (χ0n) is 21.9. The topological polar surface area (TPSA) is 132 Å². The molecule has 0 radical (unpaired) electrons. The van der Waals surface area contributed by atoms with Gasteiger partial charge in [0.25, 0.3) is 0 Å². The van der Waals surface area contributed by atoms with Crippen molar-refractivity contribution in [2.45, 2.75) is 64.3 Å². The summed E-state index contributed by atoms with van der Waals surface area (Å²) in [5, 5.41) is 7.90. The number of aromatic amines is 1. The first-order valence-electron chi connectivity index (χ1n) is 13.2. The quantitative estimate of drug-likeness (QED) is 0.253. The molecule has 8 heteroatoms. The van der Waals surface area contributed by atoms with Gasteiger partial charge >= 0.3 is 0 Å². The highest BCUT2D eigenvalue weighted by molar-refractivity contribution is 5.79. The fourth-order valence-corrected chi connectivity index (χ4v) is 4.37. The van der Waals surface area contributed by atoms with E-state index in [1.54, 1.807) is 6.20 Å². The van der Waals surface area contributed by atoms with Gasteiger partial charge in [-0.25, -0.2) is 0 Å². The van der Waals surface area contributed by atoms with Crippen LogP contribution >= 0.6 is 0 Å². The number of rotatable bonds is 10. The summed E-state index contributed by atoms with van der Waals surface area (Å²) < 4.78 is 2.13. The van der Waals surface area contributed by atoms with Crippen molar-refractivity contribution in [1.29, 1.82) is 0 Å². The third-order valence-electron chi connectivity index (χ3n) is 6.39. The summed E-state index contributed by atoms with van der Waals surface area (Å²) in [7, 11) is 2.17. The average Bonchev–Trinajstić information content (AvgIpc) is 3.64. The van der Waals surface area contributed by atoms with E-state index in [0.717, 1.165) is 36.5 Å². The molecule has 7 N–H and O–H groups in total. The molecule has 0 saturated carbocycles. The van der Waals surface area contributed by atoms with Crippen LogP contribution in [0.5, 0.6) is 0 Å². The largest absolute Gasteiger partial charge is 0.404 e. The number of aromatic nitrogens is 3. The molecule has 1 aliphatic rings. The van der Waals surface area contributed by atoms with Gasteiger partial charge in [-0.15, -0.1) is 0 Å². The summed E-state index contributed by atoms with van der Waals surface area (Å²) in [5.41, 5.74) is 17.8. The molecule has 1 aliphatic heterocycles. The number of nitrogens with zero attached hydrogens (tertiary/aromatic N) is 3. The number of nitrogens with two attached hydrogens (primary N) is 3. The number of hydrogen-bond acceptors (Lipinski definition) is 5. The Labute approximate surface area is 215 Å². The van der Waals surface area contributed by atoms with Crippen molar-refractivity contribution in [3.63, 3.8) is 0 Å². The number of primary amides is 1. The first-order valence-corrected chi connectivity index (χ1v) is 13.2. The molecule has 1 saturated heterocycles. The van der Waals surface area contributed by atoms with Crippen molar-refractivity contribution >= 4 is 29.6 Å². The van der Waals surface area contributed by atoms with Crippen LogP contribution < -0.4 is 27.8 Å². The van der Waals surface area contributed by atoms with Gasteiger partial charge in [-0.05, 0) is 82.5 Å². The number of likely N-dealkylation sites (tertiary alicyclic amines) is 1. The standard InChI is InChI=1S/C22H31N5.C5H11N.CH3NO/c23-12-5-3-1-2-4-6-14-27-22-10-8-18(15-20(22)17-26-27)7-9-21-19(16-24)11-13-25-21;1-6-4-2-3-5-6;2-1-3/h8-11,13,15-17,25H,1-7,12,14,23-24H2;2-5H2,1H3;1H,(H2,2,3)/b19-16-,21-9+;;. The zero-order valence-corrected chi connectivity index (χ0v) is 21.9. The van der Waals surface area contributed by atoms with Gasteiger partial charge in [0.05, 0.1) is 11.7 Å². The Hall–Kier alpha value is -3.10. The number of amides is 1. The normalized spacial score (nSPS) is 14.4. The molecular formula is C28H45N7O. The van der Waals surface area contributed by atoms with Crippen LogP contribution in [-0.4, -0.2) is 52.8 Å². The lowest BCUT2D eigenvalue weighted by atomic mass is 10.1. The van der Waals surface area contributed by atoms with Gasteiger partial charge < -0.3 is 27.1 Å². The molecule has 0 spiro atoms. The van der Waals surface area contributed by atoms with E-state index in [0.29, 0.717) is 0 Å². The van der Waals surface area contributed by atoms with Crippen molar-refractivity contribution < 1.29 is 4.79 Å². The summed E-state index contributed by atoms with van der Waals surface area (Å²) in [6.45, 7) is 4.45. The number of aryl methyl sites for hydroxylation is 1. The van der Waals surface area contributed by atoms with Gasteiger partial charge in [0.1, 0.15) is 0 Å². The van der Waals surface area contributed by atoms with Crippen LogP contribution in [0.2, 0.25) is 0 Å². The molecule has 36 heavy (non-hydrogen) atoms. The van der Waals surface area contributed by atoms with Crippen LogP contribution in [0.3, 0.4) is 0 Å². The van der Waals surface area contributed by atoms with E-state index in [1.165, 1.54) is 74.5 Å². The van der Waals surface area contributed by atoms with Gasteiger partial charge in [0.2, 0.25) is 6.41 Å². The molecule has 1 aromatic carbocycles. The van der Waals surface area contributed by atoms with Crippen molar-refractivity contribution in [2.24, 2.45) is 17.2 Å². The Kier molecular flexibility index (Phi) is 14.0. The molecule has 0 unspecified atom stereocenters. The average molecular weight is 496 g/mol. The van der Waals surface area contributed by atoms with Gasteiger partial charge in [-0.2, -0.15) is 5.10 Å². The van der Waals surface area contributed by atoms with Crippen LogP contribution in [0, 0.1) is 0 Å². The maximum atomic E-state index is 8.58. The number of fused-ring (bicyclic) bond motifs is 1. The lowest BCUT2D eigenvalue weighted by molar-refractivity contribution is -0.106. The minimum atomic E-state index is 0.250. The second-order valence-corrected chi connectivity index (χ2v) is 9.24. The summed E-state index contributed by atoms with van der Waals surface area (Å²) in [4.78, 5) is 14.2. The van der Waals surface area contributed by atoms with E-state index in [2.05, 4.69) is 56.7 Å². The van der Waals surface area contributed by atoms with Crippen molar-refractivity contribution in [3.05, 3.63) is 52.8 Å². The number of carbonyl (C=O) groups excluding carboxylic acids is 1. The smallest absolute Gasteiger partial charge is 0.204 e. The minimum absolute atomic E-state index is 0.250. The van der Waals surface area contributed by atoms with Crippen LogP contribution in [0.1, 0.15) is 56.9 Å². The third-order valence-corrected chi connectivity index (χ3v) is 6.39. The summed E-state index contributed by atoms with van der Waals surface area (Å²) in [5.74, 6) is 0. The molecule has 0 atom stereocenters. The van der Waals surface area contributed by atoms with Crippen LogP contribution in [-0.2, 0) is 17.8 Å². The predicted molar refractivity (Wildman–Crippen MR) is 150 cm³/mol. The van der Waals surface area contributed by atoms with E-state index >= 15 is 0 Å². The number of nitrogens with one attached hydrogen (secondary N) is 1. The highest BCUT2D eigenvalue weighted by Gasteiger charge is 2.04. The van der Waals surface area contributed by atoms with E-state index in [9.17, 15) is 0 Å². The molecule has 3 heterocycles. The van der Waals surface area contributed by atoms with Crippen molar-refractivity contribution in [1.82, 2.24) is 19.7 Å². The van der Waals surface area contributed by atoms with Gasteiger partial charge in [-0.3, -0.25) is 9.48 Å². The predicted octanol–water partition coefficient (Wildman–Crippen LogP) is 2.20. The minimum Gasteiger partial charge on any atom is -0.404 e. The molecule has 1 fully saturated rings. The van der Waals surface area contributed by atoms with E-state index in [4.69, 9.17) is 16.3 Å². The Bertz CT molecular complexity index is 1110. The van der Waals surface area contributed by atoms with Gasteiger partial charge in [-0.1, -0.05) is 37.8 Å². The lowest BCUT2D eigenvalue weighted by Gasteiger charge is -2.05. The fourth-order valence-electron chi connectivity index (χ4n) is 4.37. The van der Waals surface area contributed by atoms with Crippen LogP contribution in [0.25, 0.3) is 23.2 Å². The second-order valence-electron chi connectivity index (χ2n) is 9.24. The lowest BCUT2D eigenvalue weighted by Crippen LogP contribution is -2.23. The second kappa shape index (κ2) is 17.3. The molecule has 0 bridgehead atoms. The van der Waals surface area contributed by atoms with Gasteiger partial charge in [0, 0.05) is 34.9 Å². The first kappa shape index (κ1) is 29.1. The Morgan fingerprint density at radius 3 is 2.36 bits per heavy atom. The highest BCUT2D eigenvalue weighted by atomic mass is 16.1. The molecule has 1 amide bonds. The molecule has 3 aromatic rings. The van der Waals surface area contributed by atoms with E-state index in [1.807, 2.05) is 18.5 Å². The maximum Gasteiger partial charge on any atom is 0.204 e. The molecule has 2 aromatic heterocycles. The Morgan fingerprint density at radius 1 is 1.03 bits per heavy atom.